The Labute approximate surface area is 99.3 Å². The van der Waals surface area contributed by atoms with Gasteiger partial charge in [-0.05, 0) is 24.2 Å². The quantitative estimate of drug-likeness (QED) is 0.866. The molecule has 0 aliphatic rings. The molecular formula is C12H15FN4. The minimum absolute atomic E-state index is 0.0635. The summed E-state index contributed by atoms with van der Waals surface area (Å²) in [5.74, 6) is 0.678. The van der Waals surface area contributed by atoms with Crippen molar-refractivity contribution >= 4 is 0 Å². The third-order valence-electron chi connectivity index (χ3n) is 2.84. The molecule has 4 nitrogen and oxygen atoms in total. The fourth-order valence-corrected chi connectivity index (χ4v) is 1.82. The predicted molar refractivity (Wildman–Crippen MR) is 62.9 cm³/mol. The molecule has 5 heteroatoms. The van der Waals surface area contributed by atoms with E-state index in [0.29, 0.717) is 13.0 Å². The summed E-state index contributed by atoms with van der Waals surface area (Å²) in [7, 11) is 1.83. The fourth-order valence-electron chi connectivity index (χ4n) is 1.82. The van der Waals surface area contributed by atoms with Crippen molar-refractivity contribution in [2.45, 2.75) is 12.3 Å². The number of hydrogen-bond donors (Lipinski definition) is 1. The van der Waals surface area contributed by atoms with Gasteiger partial charge < -0.3 is 5.73 Å². The Morgan fingerprint density at radius 3 is 2.88 bits per heavy atom. The summed E-state index contributed by atoms with van der Waals surface area (Å²) in [4.78, 5) is 4.15. The van der Waals surface area contributed by atoms with Gasteiger partial charge in [-0.3, -0.25) is 4.68 Å². The van der Waals surface area contributed by atoms with Crippen LogP contribution >= 0.6 is 0 Å². The Morgan fingerprint density at radius 1 is 1.47 bits per heavy atom. The molecule has 1 aromatic heterocycles. The highest BCUT2D eigenvalue weighted by molar-refractivity contribution is 5.22. The molecule has 2 aromatic rings. The van der Waals surface area contributed by atoms with Crippen molar-refractivity contribution in [2.24, 2.45) is 12.8 Å². The summed E-state index contributed by atoms with van der Waals surface area (Å²) >= 11 is 0. The summed E-state index contributed by atoms with van der Waals surface area (Å²) in [5.41, 5.74) is 6.64. The summed E-state index contributed by atoms with van der Waals surface area (Å²) < 4.78 is 14.9. The number of benzene rings is 1. The maximum Gasteiger partial charge on any atom is 0.138 e. The van der Waals surface area contributed by atoms with E-state index in [1.54, 1.807) is 10.7 Å². The molecule has 1 atom stereocenters. The average molecular weight is 234 g/mol. The van der Waals surface area contributed by atoms with Crippen LogP contribution in [0.2, 0.25) is 0 Å². The van der Waals surface area contributed by atoms with Crippen LogP contribution in [0, 0.1) is 5.82 Å². The van der Waals surface area contributed by atoms with Gasteiger partial charge in [0, 0.05) is 19.4 Å². The van der Waals surface area contributed by atoms with Crippen molar-refractivity contribution in [3.8, 4) is 0 Å². The second kappa shape index (κ2) is 5.05. The zero-order valence-corrected chi connectivity index (χ0v) is 9.68. The van der Waals surface area contributed by atoms with Crippen LogP contribution < -0.4 is 5.73 Å². The number of nitrogens with zero attached hydrogens (tertiary/aromatic N) is 3. The van der Waals surface area contributed by atoms with E-state index < -0.39 is 0 Å². The normalized spacial score (nSPS) is 12.6. The molecule has 0 aliphatic heterocycles. The van der Waals surface area contributed by atoms with E-state index in [-0.39, 0.29) is 11.7 Å². The summed E-state index contributed by atoms with van der Waals surface area (Å²) in [5, 5.41) is 4.01. The lowest BCUT2D eigenvalue weighted by molar-refractivity contribution is 0.600. The molecule has 1 heterocycles. The molecule has 0 saturated heterocycles. The molecule has 0 spiro atoms. The van der Waals surface area contributed by atoms with Gasteiger partial charge in [0.2, 0.25) is 0 Å². The molecule has 0 amide bonds. The van der Waals surface area contributed by atoms with E-state index in [1.807, 2.05) is 13.1 Å². The first-order valence-corrected chi connectivity index (χ1v) is 5.49. The van der Waals surface area contributed by atoms with Crippen molar-refractivity contribution in [1.29, 1.82) is 0 Å². The van der Waals surface area contributed by atoms with Gasteiger partial charge in [-0.15, -0.1) is 0 Å². The molecule has 1 unspecified atom stereocenters. The van der Waals surface area contributed by atoms with E-state index in [9.17, 15) is 4.39 Å². The van der Waals surface area contributed by atoms with Crippen LogP contribution in [-0.4, -0.2) is 21.3 Å². The molecule has 0 aliphatic carbocycles. The molecule has 17 heavy (non-hydrogen) atoms. The number of aromatic nitrogens is 3. The van der Waals surface area contributed by atoms with E-state index in [2.05, 4.69) is 10.1 Å². The van der Waals surface area contributed by atoms with Gasteiger partial charge in [-0.2, -0.15) is 5.10 Å². The molecule has 0 saturated carbocycles. The van der Waals surface area contributed by atoms with E-state index in [0.717, 1.165) is 11.4 Å². The Bertz CT molecular complexity index is 495. The molecule has 90 valence electrons. The van der Waals surface area contributed by atoms with Crippen LogP contribution in [0.3, 0.4) is 0 Å². The third kappa shape index (κ3) is 2.68. The van der Waals surface area contributed by atoms with Crippen LogP contribution in [0.1, 0.15) is 17.3 Å². The van der Waals surface area contributed by atoms with Gasteiger partial charge in [0.25, 0.3) is 0 Å². The second-order valence-electron chi connectivity index (χ2n) is 3.99. The Morgan fingerprint density at radius 2 is 2.29 bits per heavy atom. The lowest BCUT2D eigenvalue weighted by atomic mass is 9.95. The van der Waals surface area contributed by atoms with E-state index >= 15 is 0 Å². The zero-order valence-electron chi connectivity index (χ0n) is 9.68. The van der Waals surface area contributed by atoms with Crippen LogP contribution in [0.4, 0.5) is 4.39 Å². The molecule has 0 radical (unpaired) electrons. The molecule has 2 N–H and O–H groups in total. The molecule has 2 rings (SSSR count). The maximum absolute atomic E-state index is 13.1. The van der Waals surface area contributed by atoms with E-state index in [4.69, 9.17) is 5.73 Å². The Kier molecular flexibility index (Phi) is 3.49. The van der Waals surface area contributed by atoms with Gasteiger partial charge in [0.05, 0.1) is 0 Å². The average Bonchev–Trinajstić information content (AvgIpc) is 2.71. The number of hydrogen-bond acceptors (Lipinski definition) is 3. The summed E-state index contributed by atoms with van der Waals surface area (Å²) in [6, 6.07) is 6.54. The van der Waals surface area contributed by atoms with Crippen molar-refractivity contribution < 1.29 is 4.39 Å². The SMILES string of the molecule is Cn1ncnc1CC(CN)c1cccc(F)c1. The highest BCUT2D eigenvalue weighted by Gasteiger charge is 2.14. The lowest BCUT2D eigenvalue weighted by Crippen LogP contribution is -2.17. The van der Waals surface area contributed by atoms with Crippen molar-refractivity contribution in [1.82, 2.24) is 14.8 Å². The minimum atomic E-state index is -0.237. The first-order valence-electron chi connectivity index (χ1n) is 5.49. The van der Waals surface area contributed by atoms with Gasteiger partial charge in [0.1, 0.15) is 18.0 Å². The number of nitrogens with two attached hydrogens (primary N) is 1. The summed E-state index contributed by atoms with van der Waals surface area (Å²) in [6.45, 7) is 0.455. The first-order chi connectivity index (χ1) is 8.20. The Hall–Kier alpha value is -1.75. The second-order valence-corrected chi connectivity index (χ2v) is 3.99. The monoisotopic (exact) mass is 234 g/mol. The Balaban J connectivity index is 2.20. The van der Waals surface area contributed by atoms with Crippen LogP contribution in [0.25, 0.3) is 0 Å². The van der Waals surface area contributed by atoms with Crippen molar-refractivity contribution in [2.75, 3.05) is 6.54 Å². The van der Waals surface area contributed by atoms with Crippen molar-refractivity contribution in [3.63, 3.8) is 0 Å². The van der Waals surface area contributed by atoms with Gasteiger partial charge >= 0.3 is 0 Å². The third-order valence-corrected chi connectivity index (χ3v) is 2.84. The topological polar surface area (TPSA) is 56.7 Å². The van der Waals surface area contributed by atoms with Gasteiger partial charge in [-0.25, -0.2) is 9.37 Å². The predicted octanol–water partition coefficient (Wildman–Crippen LogP) is 1.24. The molecule has 0 fully saturated rings. The standard InChI is InChI=1S/C12H15FN4/c1-17-12(15-8-16-17)6-10(7-14)9-3-2-4-11(13)5-9/h2-5,8,10H,6-7,14H2,1H3. The largest absolute Gasteiger partial charge is 0.330 e. The zero-order chi connectivity index (χ0) is 12.3. The minimum Gasteiger partial charge on any atom is -0.330 e. The highest BCUT2D eigenvalue weighted by atomic mass is 19.1. The number of halogens is 1. The maximum atomic E-state index is 13.1. The summed E-state index contributed by atoms with van der Waals surface area (Å²) in [6.07, 6.45) is 2.17. The molecular weight excluding hydrogens is 219 g/mol. The number of rotatable bonds is 4. The highest BCUT2D eigenvalue weighted by Crippen LogP contribution is 2.19. The van der Waals surface area contributed by atoms with Gasteiger partial charge in [-0.1, -0.05) is 12.1 Å². The van der Waals surface area contributed by atoms with Crippen LogP contribution in [-0.2, 0) is 13.5 Å². The van der Waals surface area contributed by atoms with Crippen LogP contribution in [0.5, 0.6) is 0 Å². The molecule has 1 aromatic carbocycles. The fraction of sp³-hybridized carbons (Fsp3) is 0.333. The van der Waals surface area contributed by atoms with Crippen molar-refractivity contribution in [3.05, 3.63) is 47.8 Å². The smallest absolute Gasteiger partial charge is 0.138 e. The van der Waals surface area contributed by atoms with Gasteiger partial charge in [0.15, 0.2) is 0 Å². The first kappa shape index (κ1) is 11.7. The van der Waals surface area contributed by atoms with Crippen LogP contribution in [0.15, 0.2) is 30.6 Å². The lowest BCUT2D eigenvalue weighted by Gasteiger charge is -2.14. The van der Waals surface area contributed by atoms with E-state index in [1.165, 1.54) is 18.5 Å². The molecule has 0 bridgehead atoms. The number of aryl methyl sites for hydroxylation is 1.